The van der Waals surface area contributed by atoms with Gasteiger partial charge in [0.25, 0.3) is 0 Å². The van der Waals surface area contributed by atoms with Crippen LogP contribution in [0.3, 0.4) is 0 Å². The standard InChI is InChI=1S/C54H79ClN2O9/c1-33(2)43-37(58)27-53(40(66-42(60)29-48(5,6)46(63)64)31-57(26-25-56(11)12)30-34-13-15-35(55)16-14-34)23-21-49(7)36(44(43)53)17-18-38-50(49,8)22-24-54-32-52(54,10)39(19-20-51(38,54)9)65-41(59)28-47(3,4)45(61)62/h13-16,33,36,38-40H,17-32H2,1-12H3,(H,61,62)(H,63,64)/t36-,38+,39+,40-,49-,50-,51-,52?,53+,54+/m1/s1. The largest absolute Gasteiger partial charge is 0.481 e. The highest BCUT2D eigenvalue weighted by Crippen LogP contribution is 2.87. The summed E-state index contributed by atoms with van der Waals surface area (Å²) in [6.45, 7) is 22.8. The van der Waals surface area contributed by atoms with E-state index in [2.05, 4.69) is 51.3 Å². The summed E-state index contributed by atoms with van der Waals surface area (Å²) in [5.74, 6) is -2.44. The van der Waals surface area contributed by atoms with Gasteiger partial charge >= 0.3 is 23.9 Å². The normalized spacial score (nSPS) is 35.4. The molecule has 66 heavy (non-hydrogen) atoms. The Morgan fingerprint density at radius 2 is 1.39 bits per heavy atom. The number of ketones is 1. The van der Waals surface area contributed by atoms with Crippen molar-refractivity contribution >= 4 is 41.3 Å². The van der Waals surface area contributed by atoms with Crippen molar-refractivity contribution in [3.8, 4) is 0 Å². The fraction of sp³-hybridized carbons (Fsp3) is 0.759. The van der Waals surface area contributed by atoms with Crippen molar-refractivity contribution < 1.29 is 43.7 Å². The van der Waals surface area contributed by atoms with Gasteiger partial charge in [-0.1, -0.05) is 65.3 Å². The van der Waals surface area contributed by atoms with E-state index in [-0.39, 0.29) is 70.1 Å². The number of carbonyl (C=O) groups excluding carboxylic acids is 3. The van der Waals surface area contributed by atoms with Gasteiger partial charge < -0.3 is 24.6 Å². The molecule has 7 rings (SSSR count). The van der Waals surface area contributed by atoms with Crippen LogP contribution in [-0.2, 0) is 40.0 Å². The van der Waals surface area contributed by atoms with Gasteiger partial charge in [0.2, 0.25) is 0 Å². The number of fused-ring (bicyclic) bond motifs is 6. The second-order valence-electron chi connectivity index (χ2n) is 24.7. The van der Waals surface area contributed by atoms with E-state index >= 15 is 0 Å². The number of rotatable bonds is 17. The minimum absolute atomic E-state index is 0.00484. The minimum Gasteiger partial charge on any atom is -0.481 e. The number of likely N-dealkylation sites (N-methyl/N-ethyl adjacent to an activating group) is 1. The van der Waals surface area contributed by atoms with E-state index < -0.39 is 46.2 Å². The minimum atomic E-state index is -1.33. The first-order chi connectivity index (χ1) is 30.5. The molecule has 1 unspecified atom stereocenters. The molecule has 5 fully saturated rings. The van der Waals surface area contributed by atoms with Gasteiger partial charge in [0.1, 0.15) is 12.2 Å². The van der Waals surface area contributed by atoms with E-state index in [1.165, 1.54) is 5.57 Å². The van der Waals surface area contributed by atoms with E-state index in [0.717, 1.165) is 69.0 Å². The smallest absolute Gasteiger partial charge is 0.309 e. The molecule has 0 radical (unpaired) electrons. The SMILES string of the molecule is CC(C)C1=C2[C@H]3CC[C@@H]4[C@@]5(C)CC[C@H](OC(=O)CC(C)(C)C(=O)O)C6(C)C[C@]65CC[C@@]4(C)[C@]3(C)CC[C@@]2([C@@H](CN(CCN(C)C)Cc2ccc(Cl)cc2)OC(=O)CC(C)(C)C(=O)O)CC1=O. The lowest BCUT2D eigenvalue weighted by atomic mass is 9.33. The van der Waals surface area contributed by atoms with Gasteiger partial charge in [-0.15, -0.1) is 0 Å². The zero-order valence-electron chi connectivity index (χ0n) is 42.0. The topological polar surface area (TPSA) is 151 Å². The van der Waals surface area contributed by atoms with Crippen molar-refractivity contribution in [2.75, 3.05) is 33.7 Å². The maximum Gasteiger partial charge on any atom is 0.309 e. The summed E-state index contributed by atoms with van der Waals surface area (Å²) >= 11 is 6.32. The number of halogens is 1. The quantitative estimate of drug-likeness (QED) is 0.144. The summed E-state index contributed by atoms with van der Waals surface area (Å²) in [7, 11) is 4.08. The number of carbonyl (C=O) groups is 5. The second-order valence-corrected chi connectivity index (χ2v) is 25.2. The van der Waals surface area contributed by atoms with Gasteiger partial charge in [0.15, 0.2) is 5.78 Å². The highest BCUT2D eigenvalue weighted by atomic mass is 35.5. The van der Waals surface area contributed by atoms with Gasteiger partial charge in [0.05, 0.1) is 23.7 Å². The average molecular weight is 936 g/mol. The predicted octanol–water partition coefficient (Wildman–Crippen LogP) is 10.3. The molecule has 0 saturated heterocycles. The fourth-order valence-corrected chi connectivity index (χ4v) is 15.4. The van der Waals surface area contributed by atoms with Crippen molar-refractivity contribution in [1.82, 2.24) is 9.80 Å². The van der Waals surface area contributed by atoms with Gasteiger partial charge in [-0.05, 0) is 168 Å². The first kappa shape index (κ1) is 50.6. The molecule has 0 amide bonds. The number of carboxylic acids is 2. The fourth-order valence-electron chi connectivity index (χ4n) is 15.3. The van der Waals surface area contributed by atoms with Crippen LogP contribution in [0.2, 0.25) is 5.02 Å². The van der Waals surface area contributed by atoms with Crippen LogP contribution in [0, 0.1) is 61.1 Å². The Labute approximate surface area is 399 Å². The Kier molecular flexibility index (Phi) is 13.3. The van der Waals surface area contributed by atoms with Crippen LogP contribution in [-0.4, -0.2) is 95.6 Å². The molecule has 0 heterocycles. The number of benzene rings is 1. The summed E-state index contributed by atoms with van der Waals surface area (Å²) in [4.78, 5) is 71.0. The number of aliphatic carboxylic acids is 2. The molecular formula is C54H79ClN2O9. The van der Waals surface area contributed by atoms with Crippen LogP contribution >= 0.6 is 11.6 Å². The summed E-state index contributed by atoms with van der Waals surface area (Å²) in [5, 5.41) is 20.5. The molecule has 5 saturated carbocycles. The second kappa shape index (κ2) is 17.3. The number of carboxylic acid groups (broad SMARTS) is 2. The van der Waals surface area contributed by atoms with Crippen molar-refractivity contribution in [2.24, 2.45) is 61.1 Å². The average Bonchev–Trinajstić information content (AvgIpc) is 3.74. The summed E-state index contributed by atoms with van der Waals surface area (Å²) in [6.07, 6.45) is 7.12. The molecule has 10 atom stereocenters. The highest BCUT2D eigenvalue weighted by molar-refractivity contribution is 6.30. The molecule has 6 aliphatic rings. The Bertz CT molecular complexity index is 2150. The van der Waals surface area contributed by atoms with Crippen LogP contribution in [0.15, 0.2) is 35.4 Å². The first-order valence-electron chi connectivity index (χ1n) is 24.8. The van der Waals surface area contributed by atoms with Gasteiger partial charge in [0, 0.05) is 48.5 Å². The number of hydrogen-bond acceptors (Lipinski definition) is 9. The molecule has 12 heteroatoms. The Morgan fingerprint density at radius 1 is 0.788 bits per heavy atom. The third-order valence-corrected chi connectivity index (χ3v) is 19.8. The van der Waals surface area contributed by atoms with E-state index in [1.807, 2.05) is 38.4 Å². The molecule has 366 valence electrons. The third kappa shape index (κ3) is 8.18. The van der Waals surface area contributed by atoms with E-state index in [4.69, 9.17) is 21.1 Å². The lowest BCUT2D eigenvalue weighted by Crippen LogP contribution is -2.65. The van der Waals surface area contributed by atoms with Crippen LogP contribution in [0.25, 0.3) is 0 Å². The zero-order valence-corrected chi connectivity index (χ0v) is 42.8. The zero-order chi connectivity index (χ0) is 48.8. The number of esters is 2. The van der Waals surface area contributed by atoms with E-state index in [1.54, 1.807) is 27.7 Å². The summed E-state index contributed by atoms with van der Waals surface area (Å²) in [5.41, 5.74) is -0.467. The van der Waals surface area contributed by atoms with E-state index in [0.29, 0.717) is 37.0 Å². The van der Waals surface area contributed by atoms with Crippen molar-refractivity contribution in [3.05, 3.63) is 46.0 Å². The Hall–Kier alpha value is -3.28. The third-order valence-electron chi connectivity index (χ3n) is 19.5. The van der Waals surface area contributed by atoms with Crippen molar-refractivity contribution in [3.63, 3.8) is 0 Å². The summed E-state index contributed by atoms with van der Waals surface area (Å²) < 4.78 is 13.0. The van der Waals surface area contributed by atoms with E-state index in [9.17, 15) is 34.2 Å². The highest BCUT2D eigenvalue weighted by Gasteiger charge is 2.82. The Morgan fingerprint density at radius 3 is 1.98 bits per heavy atom. The van der Waals surface area contributed by atoms with Gasteiger partial charge in [-0.25, -0.2) is 0 Å². The van der Waals surface area contributed by atoms with Crippen LogP contribution in [0.5, 0.6) is 0 Å². The predicted molar refractivity (Wildman–Crippen MR) is 254 cm³/mol. The molecule has 2 N–H and O–H groups in total. The molecule has 0 aromatic heterocycles. The maximum absolute atomic E-state index is 14.8. The molecule has 1 aromatic rings. The first-order valence-corrected chi connectivity index (χ1v) is 25.2. The van der Waals surface area contributed by atoms with Crippen LogP contribution in [0.1, 0.15) is 152 Å². The maximum atomic E-state index is 14.8. The molecule has 11 nitrogen and oxygen atoms in total. The summed E-state index contributed by atoms with van der Waals surface area (Å²) in [6, 6.07) is 7.82. The number of allylic oxidation sites excluding steroid dienone is 1. The Balaban J connectivity index is 1.24. The number of hydrogen-bond donors (Lipinski definition) is 2. The van der Waals surface area contributed by atoms with Gasteiger partial charge in [-0.2, -0.15) is 0 Å². The molecule has 1 aromatic carbocycles. The van der Waals surface area contributed by atoms with Crippen LogP contribution < -0.4 is 0 Å². The molecule has 6 aliphatic carbocycles. The molecule has 0 aliphatic heterocycles. The molecular weight excluding hydrogens is 856 g/mol. The number of Topliss-reactive ketones (excluding diaryl/α,β-unsaturated/α-hetero) is 1. The number of ether oxygens (including phenoxy) is 2. The molecule has 0 bridgehead atoms. The lowest BCUT2D eigenvalue weighted by molar-refractivity contribution is -0.222. The van der Waals surface area contributed by atoms with Crippen LogP contribution in [0.4, 0.5) is 0 Å². The monoisotopic (exact) mass is 935 g/mol. The van der Waals surface area contributed by atoms with Crippen molar-refractivity contribution in [1.29, 1.82) is 0 Å². The van der Waals surface area contributed by atoms with Crippen molar-refractivity contribution in [2.45, 2.75) is 165 Å². The lowest BCUT2D eigenvalue weighted by Gasteiger charge is -2.71. The molecule has 1 spiro atoms. The van der Waals surface area contributed by atoms with Gasteiger partial charge in [-0.3, -0.25) is 28.9 Å². The number of nitrogens with zero attached hydrogens (tertiary/aromatic N) is 2.